The molecule has 20 heavy (non-hydrogen) atoms. The zero-order chi connectivity index (χ0) is 15.4. The first kappa shape index (κ1) is 18.2. The second kappa shape index (κ2) is 11.0. The maximum atomic E-state index is 11.4. The van der Waals surface area contributed by atoms with Gasteiger partial charge in [-0.2, -0.15) is 0 Å². The second-order valence-electron chi connectivity index (χ2n) is 4.17. The minimum Gasteiger partial charge on any atom is -0.480 e. The molecule has 0 saturated heterocycles. The molecule has 0 aliphatic heterocycles. The van der Waals surface area contributed by atoms with E-state index in [0.29, 0.717) is 26.0 Å². The van der Waals surface area contributed by atoms with Gasteiger partial charge >= 0.3 is 12.0 Å². The van der Waals surface area contributed by atoms with Crippen LogP contribution in [0.3, 0.4) is 0 Å². The number of amides is 3. The first-order valence-corrected chi connectivity index (χ1v) is 6.54. The lowest BCUT2D eigenvalue weighted by atomic mass is 10.2. The molecule has 0 aromatic rings. The Morgan fingerprint density at radius 3 is 2.45 bits per heavy atom. The van der Waals surface area contributed by atoms with Gasteiger partial charge in [-0.3, -0.25) is 4.79 Å². The van der Waals surface area contributed by atoms with Gasteiger partial charge in [0, 0.05) is 26.6 Å². The van der Waals surface area contributed by atoms with E-state index in [-0.39, 0.29) is 18.9 Å². The van der Waals surface area contributed by atoms with Gasteiger partial charge in [0.05, 0.1) is 6.61 Å². The van der Waals surface area contributed by atoms with E-state index in [0.717, 1.165) is 0 Å². The van der Waals surface area contributed by atoms with Crippen molar-refractivity contribution in [3.63, 3.8) is 0 Å². The molecule has 0 radical (unpaired) electrons. The van der Waals surface area contributed by atoms with Gasteiger partial charge in [0.25, 0.3) is 0 Å². The number of methoxy groups -OCH3 is 1. The molecule has 0 unspecified atom stereocenters. The molecule has 4 N–H and O–H groups in total. The first-order valence-electron chi connectivity index (χ1n) is 6.54. The van der Waals surface area contributed by atoms with Gasteiger partial charge in [-0.15, -0.1) is 0 Å². The van der Waals surface area contributed by atoms with Crippen LogP contribution in [0.4, 0.5) is 4.79 Å². The lowest BCUT2D eigenvalue weighted by Crippen LogP contribution is -2.46. The monoisotopic (exact) mass is 289 g/mol. The fourth-order valence-corrected chi connectivity index (χ4v) is 1.43. The van der Waals surface area contributed by atoms with Crippen LogP contribution >= 0.6 is 0 Å². The Morgan fingerprint density at radius 2 is 1.90 bits per heavy atom. The second-order valence-corrected chi connectivity index (χ2v) is 4.17. The van der Waals surface area contributed by atoms with Crippen LogP contribution < -0.4 is 16.0 Å². The number of carboxylic acid groups (broad SMARTS) is 1. The number of rotatable bonds is 10. The van der Waals surface area contributed by atoms with E-state index in [1.807, 2.05) is 6.92 Å². The number of carbonyl (C=O) groups is 3. The molecule has 0 heterocycles. The third-order valence-electron chi connectivity index (χ3n) is 2.45. The molecule has 0 aromatic carbocycles. The Bertz CT molecular complexity index is 322. The van der Waals surface area contributed by atoms with Crippen molar-refractivity contribution in [1.29, 1.82) is 0 Å². The third kappa shape index (κ3) is 9.15. The van der Waals surface area contributed by atoms with Crippen LogP contribution in [0.15, 0.2) is 0 Å². The molecule has 8 nitrogen and oxygen atoms in total. The molecule has 0 fully saturated rings. The van der Waals surface area contributed by atoms with Crippen molar-refractivity contribution >= 4 is 17.9 Å². The van der Waals surface area contributed by atoms with Gasteiger partial charge in [-0.1, -0.05) is 13.3 Å². The Labute approximate surface area is 118 Å². The van der Waals surface area contributed by atoms with E-state index in [4.69, 9.17) is 9.84 Å². The standard InChI is InChI=1S/C12H23N3O5/c1-3-4-9(11(17)18)15-12(19)14-6-5-10(16)13-7-8-20-2/h9H,3-8H2,1-2H3,(H,13,16)(H,17,18)(H2,14,15,19)/t9-/m1/s1. The van der Waals surface area contributed by atoms with E-state index >= 15 is 0 Å². The molecule has 0 rings (SSSR count). The highest BCUT2D eigenvalue weighted by Gasteiger charge is 2.18. The van der Waals surface area contributed by atoms with E-state index in [1.54, 1.807) is 0 Å². The van der Waals surface area contributed by atoms with Gasteiger partial charge in [0.2, 0.25) is 5.91 Å². The van der Waals surface area contributed by atoms with Crippen LogP contribution in [0.25, 0.3) is 0 Å². The summed E-state index contributed by atoms with van der Waals surface area (Å²) in [5.74, 6) is -1.27. The van der Waals surface area contributed by atoms with Crippen LogP contribution in [0, 0.1) is 0 Å². The number of nitrogens with one attached hydrogen (secondary N) is 3. The zero-order valence-electron chi connectivity index (χ0n) is 11.9. The van der Waals surface area contributed by atoms with Crippen LogP contribution in [0.1, 0.15) is 26.2 Å². The highest BCUT2D eigenvalue weighted by molar-refractivity contribution is 5.83. The van der Waals surface area contributed by atoms with E-state index in [1.165, 1.54) is 7.11 Å². The van der Waals surface area contributed by atoms with Crippen molar-refractivity contribution in [2.24, 2.45) is 0 Å². The number of urea groups is 1. The van der Waals surface area contributed by atoms with E-state index < -0.39 is 18.0 Å². The van der Waals surface area contributed by atoms with Crippen LogP contribution in [-0.2, 0) is 14.3 Å². The van der Waals surface area contributed by atoms with Gasteiger partial charge in [0.1, 0.15) is 6.04 Å². The molecule has 1 atom stereocenters. The van der Waals surface area contributed by atoms with Crippen molar-refractivity contribution in [1.82, 2.24) is 16.0 Å². The Morgan fingerprint density at radius 1 is 1.20 bits per heavy atom. The summed E-state index contributed by atoms with van der Waals surface area (Å²) in [6.07, 6.45) is 1.14. The number of hydrogen-bond acceptors (Lipinski definition) is 4. The fraction of sp³-hybridized carbons (Fsp3) is 0.750. The summed E-state index contributed by atoms with van der Waals surface area (Å²) in [5, 5.41) is 16.3. The molecule has 0 bridgehead atoms. The minimum absolute atomic E-state index is 0.128. The summed E-state index contributed by atoms with van der Waals surface area (Å²) in [5.41, 5.74) is 0. The summed E-state index contributed by atoms with van der Waals surface area (Å²) >= 11 is 0. The molecular formula is C12H23N3O5. The third-order valence-corrected chi connectivity index (χ3v) is 2.45. The SMILES string of the molecule is CCC[C@@H](NC(=O)NCCC(=O)NCCOC)C(=O)O. The van der Waals surface area contributed by atoms with Crippen molar-refractivity contribution in [2.75, 3.05) is 26.8 Å². The van der Waals surface area contributed by atoms with E-state index in [2.05, 4.69) is 16.0 Å². The van der Waals surface area contributed by atoms with Crippen molar-refractivity contribution in [3.8, 4) is 0 Å². The van der Waals surface area contributed by atoms with Crippen molar-refractivity contribution < 1.29 is 24.2 Å². The summed E-state index contributed by atoms with van der Waals surface area (Å²) in [6.45, 7) is 2.82. The van der Waals surface area contributed by atoms with Gasteiger partial charge in [-0.05, 0) is 6.42 Å². The highest BCUT2D eigenvalue weighted by Crippen LogP contribution is 1.96. The lowest BCUT2D eigenvalue weighted by molar-refractivity contribution is -0.139. The van der Waals surface area contributed by atoms with Gasteiger partial charge < -0.3 is 25.8 Å². The number of carboxylic acids is 1. The van der Waals surface area contributed by atoms with Crippen molar-refractivity contribution in [2.45, 2.75) is 32.2 Å². The summed E-state index contributed by atoms with van der Waals surface area (Å²) in [6, 6.07) is -1.49. The quantitative estimate of drug-likeness (QED) is 0.412. The maximum absolute atomic E-state index is 11.4. The fourth-order valence-electron chi connectivity index (χ4n) is 1.43. The lowest BCUT2D eigenvalue weighted by Gasteiger charge is -2.14. The largest absolute Gasteiger partial charge is 0.480 e. The molecule has 116 valence electrons. The molecule has 0 saturated carbocycles. The molecule has 0 aliphatic rings. The normalized spacial score (nSPS) is 11.5. The van der Waals surface area contributed by atoms with Gasteiger partial charge in [0.15, 0.2) is 0 Å². The van der Waals surface area contributed by atoms with Crippen molar-refractivity contribution in [3.05, 3.63) is 0 Å². The Hall–Kier alpha value is -1.83. The van der Waals surface area contributed by atoms with E-state index in [9.17, 15) is 14.4 Å². The summed E-state index contributed by atoms with van der Waals surface area (Å²) in [7, 11) is 1.53. The number of hydrogen-bond donors (Lipinski definition) is 4. The molecular weight excluding hydrogens is 266 g/mol. The zero-order valence-corrected chi connectivity index (χ0v) is 11.9. The maximum Gasteiger partial charge on any atom is 0.326 e. The Kier molecular flexibility index (Phi) is 10.0. The average Bonchev–Trinajstić information content (AvgIpc) is 2.38. The minimum atomic E-state index is -1.07. The number of carbonyl (C=O) groups excluding carboxylic acids is 2. The predicted octanol–water partition coefficient (Wildman–Crippen LogP) is -0.308. The highest BCUT2D eigenvalue weighted by atomic mass is 16.5. The van der Waals surface area contributed by atoms with Crippen LogP contribution in [0.5, 0.6) is 0 Å². The first-order chi connectivity index (χ1) is 9.51. The Balaban J connectivity index is 3.81. The van der Waals surface area contributed by atoms with Crippen LogP contribution in [0.2, 0.25) is 0 Å². The summed E-state index contributed by atoms with van der Waals surface area (Å²) in [4.78, 5) is 33.6. The molecule has 0 aromatic heterocycles. The smallest absolute Gasteiger partial charge is 0.326 e. The molecule has 3 amide bonds. The van der Waals surface area contributed by atoms with Crippen LogP contribution in [-0.4, -0.2) is 55.9 Å². The number of aliphatic carboxylic acids is 1. The molecule has 0 aliphatic carbocycles. The van der Waals surface area contributed by atoms with Gasteiger partial charge in [-0.25, -0.2) is 9.59 Å². The summed E-state index contributed by atoms with van der Waals surface area (Å²) < 4.78 is 4.77. The topological polar surface area (TPSA) is 117 Å². The average molecular weight is 289 g/mol. The predicted molar refractivity (Wildman–Crippen MR) is 72.4 cm³/mol. The molecule has 8 heteroatoms. The number of ether oxygens (including phenoxy) is 1. The molecule has 0 spiro atoms.